The van der Waals surface area contributed by atoms with Crippen LogP contribution in [0.4, 0.5) is 5.69 Å². The van der Waals surface area contributed by atoms with Gasteiger partial charge in [0.15, 0.2) is 11.5 Å². The number of carbonyl (C=O) groups excluding carboxylic acids is 2. The highest BCUT2D eigenvalue weighted by Crippen LogP contribution is 2.28. The molecule has 27 heavy (non-hydrogen) atoms. The van der Waals surface area contributed by atoms with Crippen molar-refractivity contribution in [2.24, 2.45) is 5.92 Å². The normalized spacial score (nSPS) is 13.4. The van der Waals surface area contributed by atoms with Crippen LogP contribution in [0.5, 0.6) is 11.5 Å². The maximum atomic E-state index is 12.4. The van der Waals surface area contributed by atoms with Gasteiger partial charge in [-0.2, -0.15) is 0 Å². The summed E-state index contributed by atoms with van der Waals surface area (Å²) in [5.41, 5.74) is 2.15. The summed E-state index contributed by atoms with van der Waals surface area (Å²) in [6.07, 6.45) is 3.06. The van der Waals surface area contributed by atoms with Gasteiger partial charge in [0, 0.05) is 23.7 Å². The molecule has 2 amide bonds. The Bertz CT molecular complexity index is 831. The summed E-state index contributed by atoms with van der Waals surface area (Å²) in [4.78, 5) is 24.5. The zero-order valence-electron chi connectivity index (χ0n) is 15.6. The van der Waals surface area contributed by atoms with Gasteiger partial charge in [-0.1, -0.05) is 18.6 Å². The second-order valence-corrected chi connectivity index (χ2v) is 6.57. The quantitative estimate of drug-likeness (QED) is 0.786. The first kappa shape index (κ1) is 18.8. The van der Waals surface area contributed by atoms with Crippen molar-refractivity contribution >= 4 is 17.5 Å². The van der Waals surface area contributed by atoms with Crippen molar-refractivity contribution in [3.05, 3.63) is 53.6 Å². The lowest BCUT2D eigenvalue weighted by atomic mass is 9.85. The molecule has 1 saturated carbocycles. The number of ether oxygens (including phenoxy) is 2. The molecule has 0 atom stereocenters. The highest BCUT2D eigenvalue weighted by molar-refractivity contribution is 5.95. The maximum Gasteiger partial charge on any atom is 0.251 e. The molecule has 0 unspecified atom stereocenters. The first-order valence-electron chi connectivity index (χ1n) is 9.00. The molecule has 2 N–H and O–H groups in total. The van der Waals surface area contributed by atoms with Gasteiger partial charge in [-0.25, -0.2) is 0 Å². The lowest BCUT2D eigenvalue weighted by molar-refractivity contribution is -0.122. The first-order valence-corrected chi connectivity index (χ1v) is 9.00. The van der Waals surface area contributed by atoms with E-state index >= 15 is 0 Å². The van der Waals surface area contributed by atoms with Crippen LogP contribution in [0.15, 0.2) is 42.5 Å². The second kappa shape index (κ2) is 8.58. The van der Waals surface area contributed by atoms with E-state index in [9.17, 15) is 9.59 Å². The van der Waals surface area contributed by atoms with Crippen LogP contribution in [0, 0.1) is 5.92 Å². The third kappa shape index (κ3) is 4.58. The summed E-state index contributed by atoms with van der Waals surface area (Å²) in [7, 11) is 3.08. The third-order valence-corrected chi connectivity index (χ3v) is 4.77. The number of hydrogen-bond donors (Lipinski definition) is 2. The minimum atomic E-state index is -0.208. The molecule has 3 rings (SSSR count). The Balaban J connectivity index is 1.60. The molecule has 0 aliphatic heterocycles. The van der Waals surface area contributed by atoms with Crippen LogP contribution < -0.4 is 20.1 Å². The van der Waals surface area contributed by atoms with Gasteiger partial charge in [0.25, 0.3) is 5.91 Å². The molecule has 1 fully saturated rings. The minimum absolute atomic E-state index is 0.0766. The molecule has 6 nitrogen and oxygen atoms in total. The van der Waals surface area contributed by atoms with Crippen LogP contribution in [0.1, 0.15) is 35.2 Å². The van der Waals surface area contributed by atoms with Crippen molar-refractivity contribution in [2.75, 3.05) is 19.5 Å². The van der Waals surface area contributed by atoms with E-state index in [1.165, 1.54) is 7.11 Å². The lowest BCUT2D eigenvalue weighted by Gasteiger charge is -2.24. The van der Waals surface area contributed by atoms with Crippen LogP contribution in [0.2, 0.25) is 0 Å². The van der Waals surface area contributed by atoms with Crippen LogP contribution in [-0.2, 0) is 11.3 Å². The lowest BCUT2D eigenvalue weighted by Crippen LogP contribution is -2.28. The molecule has 0 heterocycles. The van der Waals surface area contributed by atoms with Crippen LogP contribution >= 0.6 is 0 Å². The molecule has 6 heteroatoms. The number of hydrogen-bond acceptors (Lipinski definition) is 4. The topological polar surface area (TPSA) is 76.7 Å². The number of rotatable bonds is 7. The average Bonchev–Trinajstić information content (AvgIpc) is 2.64. The molecule has 0 saturated heterocycles. The largest absolute Gasteiger partial charge is 0.493 e. The van der Waals surface area contributed by atoms with E-state index < -0.39 is 0 Å². The molecule has 0 aromatic heterocycles. The number of benzene rings is 2. The fourth-order valence-electron chi connectivity index (χ4n) is 2.94. The van der Waals surface area contributed by atoms with E-state index in [4.69, 9.17) is 9.47 Å². The van der Waals surface area contributed by atoms with Crippen LogP contribution in [-0.4, -0.2) is 26.0 Å². The van der Waals surface area contributed by atoms with Crippen molar-refractivity contribution in [3.63, 3.8) is 0 Å². The molecule has 0 bridgehead atoms. The fourth-order valence-corrected chi connectivity index (χ4v) is 2.94. The van der Waals surface area contributed by atoms with Gasteiger partial charge in [-0.15, -0.1) is 0 Å². The number of anilines is 1. The van der Waals surface area contributed by atoms with Crippen molar-refractivity contribution in [3.8, 4) is 11.5 Å². The maximum absolute atomic E-state index is 12.4. The minimum Gasteiger partial charge on any atom is -0.493 e. The van der Waals surface area contributed by atoms with E-state index in [0.717, 1.165) is 30.5 Å². The van der Waals surface area contributed by atoms with E-state index in [1.807, 2.05) is 24.3 Å². The van der Waals surface area contributed by atoms with Crippen LogP contribution in [0.3, 0.4) is 0 Å². The Morgan fingerprint density at radius 2 is 1.81 bits per heavy atom. The Hall–Kier alpha value is -3.02. The van der Waals surface area contributed by atoms with Gasteiger partial charge >= 0.3 is 0 Å². The van der Waals surface area contributed by atoms with Crippen LogP contribution in [0.25, 0.3) is 0 Å². The van der Waals surface area contributed by atoms with Crippen molar-refractivity contribution in [1.29, 1.82) is 0 Å². The highest BCUT2D eigenvalue weighted by atomic mass is 16.5. The van der Waals surface area contributed by atoms with E-state index in [2.05, 4.69) is 10.6 Å². The molecule has 1 aliphatic carbocycles. The summed E-state index contributed by atoms with van der Waals surface area (Å²) in [6.45, 7) is 0.361. The molecule has 0 spiro atoms. The fraction of sp³-hybridized carbons (Fsp3) is 0.333. The van der Waals surface area contributed by atoms with Crippen molar-refractivity contribution in [1.82, 2.24) is 5.32 Å². The van der Waals surface area contributed by atoms with E-state index in [-0.39, 0.29) is 17.7 Å². The smallest absolute Gasteiger partial charge is 0.251 e. The Morgan fingerprint density at radius 3 is 2.48 bits per heavy atom. The molecule has 0 radical (unpaired) electrons. The number of amides is 2. The van der Waals surface area contributed by atoms with Gasteiger partial charge in [0.05, 0.1) is 14.2 Å². The molecule has 2 aromatic carbocycles. The number of nitrogens with one attached hydrogen (secondary N) is 2. The van der Waals surface area contributed by atoms with Gasteiger partial charge in [-0.05, 0) is 48.7 Å². The predicted molar refractivity (Wildman–Crippen MR) is 103 cm³/mol. The van der Waals surface area contributed by atoms with Crippen molar-refractivity contribution < 1.29 is 19.1 Å². The Labute approximate surface area is 158 Å². The zero-order valence-corrected chi connectivity index (χ0v) is 15.6. The second-order valence-electron chi connectivity index (χ2n) is 6.57. The molecule has 1 aliphatic rings. The molecule has 142 valence electrons. The predicted octanol–water partition coefficient (Wildman–Crippen LogP) is 3.37. The summed E-state index contributed by atoms with van der Waals surface area (Å²) in [6, 6.07) is 12.5. The monoisotopic (exact) mass is 368 g/mol. The molecular formula is C21H24N2O4. The van der Waals surface area contributed by atoms with E-state index in [1.54, 1.807) is 25.3 Å². The average molecular weight is 368 g/mol. The van der Waals surface area contributed by atoms with Crippen molar-refractivity contribution in [2.45, 2.75) is 25.8 Å². The van der Waals surface area contributed by atoms with Gasteiger partial charge < -0.3 is 20.1 Å². The highest BCUT2D eigenvalue weighted by Gasteiger charge is 2.25. The van der Waals surface area contributed by atoms with Gasteiger partial charge in [-0.3, -0.25) is 9.59 Å². The summed E-state index contributed by atoms with van der Waals surface area (Å²) < 4.78 is 10.4. The Morgan fingerprint density at radius 1 is 1.04 bits per heavy atom. The molecular weight excluding hydrogens is 344 g/mol. The SMILES string of the molecule is COc1ccc(C(=O)NCc2cccc(NC(=O)C3CCC3)c2)cc1OC. The van der Waals surface area contributed by atoms with E-state index in [0.29, 0.717) is 23.6 Å². The summed E-state index contributed by atoms with van der Waals surface area (Å²) in [5, 5.41) is 5.83. The number of methoxy groups -OCH3 is 2. The number of carbonyl (C=O) groups is 2. The molecule has 2 aromatic rings. The standard InChI is InChI=1S/C21H24N2O4/c1-26-18-10-9-16(12-19(18)27-2)20(24)22-13-14-5-3-8-17(11-14)23-21(25)15-6-4-7-15/h3,5,8-12,15H,4,6-7,13H2,1-2H3,(H,22,24)(H,23,25). The summed E-state index contributed by atoms with van der Waals surface area (Å²) in [5.74, 6) is 1.08. The van der Waals surface area contributed by atoms with Gasteiger partial charge in [0.1, 0.15) is 0 Å². The third-order valence-electron chi connectivity index (χ3n) is 4.77. The Kier molecular flexibility index (Phi) is 5.96. The zero-order chi connectivity index (χ0) is 19.2. The first-order chi connectivity index (χ1) is 13.1. The summed E-state index contributed by atoms with van der Waals surface area (Å²) >= 11 is 0. The van der Waals surface area contributed by atoms with Gasteiger partial charge in [0.2, 0.25) is 5.91 Å².